The first-order valence-corrected chi connectivity index (χ1v) is 20.7. The molecule has 1 aliphatic carbocycles. The Hall–Kier alpha value is -3.74. The summed E-state index contributed by atoms with van der Waals surface area (Å²) in [6, 6.07) is 25.2. The van der Waals surface area contributed by atoms with Crippen molar-refractivity contribution in [3.05, 3.63) is 130 Å². The summed E-state index contributed by atoms with van der Waals surface area (Å²) in [6.45, 7) is 9.60. The van der Waals surface area contributed by atoms with Gasteiger partial charge in [0, 0.05) is 63.9 Å². The van der Waals surface area contributed by atoms with E-state index in [2.05, 4.69) is 117 Å². The quantitative estimate of drug-likeness (QED) is 0.0388. The van der Waals surface area contributed by atoms with Gasteiger partial charge in [-0.15, -0.1) is 4.33 Å². The Balaban J connectivity index is 1.26. The molecule has 2 heterocycles. The van der Waals surface area contributed by atoms with Crippen molar-refractivity contribution in [3.63, 3.8) is 0 Å². The van der Waals surface area contributed by atoms with Crippen LogP contribution in [0.4, 0.5) is 11.4 Å². The second kappa shape index (κ2) is 14.8. The Morgan fingerprint density at radius 3 is 2.26 bits per heavy atom. The van der Waals surface area contributed by atoms with E-state index in [0.717, 1.165) is 86.6 Å². The molecule has 0 bridgehead atoms. The molecule has 8 nitrogen and oxygen atoms in total. The highest BCUT2D eigenvalue weighted by molar-refractivity contribution is 7.94. The van der Waals surface area contributed by atoms with E-state index in [0.29, 0.717) is 12.3 Å². The maximum absolute atomic E-state index is 11.9. The third-order valence-corrected chi connectivity index (χ3v) is 12.6. The monoisotopic (exact) mass is 771 g/mol. The zero-order valence-corrected chi connectivity index (χ0v) is 32.7. The van der Waals surface area contributed by atoms with Crippen molar-refractivity contribution in [2.75, 3.05) is 29.5 Å². The second-order valence-corrected chi connectivity index (χ2v) is 17.6. The van der Waals surface area contributed by atoms with Crippen molar-refractivity contribution in [2.24, 2.45) is 0 Å². The Labute approximate surface area is 320 Å². The fourth-order valence-electron chi connectivity index (χ4n) is 8.51. The summed E-state index contributed by atoms with van der Waals surface area (Å²) in [6.07, 6.45) is 11.1. The molecule has 0 saturated heterocycles. The maximum Gasteiger partial charge on any atom is 0.271 e. The van der Waals surface area contributed by atoms with Gasteiger partial charge in [-0.05, 0) is 89.6 Å². The minimum absolute atomic E-state index is 0.125. The Kier molecular flexibility index (Phi) is 10.5. The first-order chi connectivity index (χ1) is 25.3. The van der Waals surface area contributed by atoms with Crippen molar-refractivity contribution in [1.82, 2.24) is 0 Å². The van der Waals surface area contributed by atoms with E-state index in [1.165, 1.54) is 16.3 Å². The van der Waals surface area contributed by atoms with Crippen molar-refractivity contribution >= 4 is 72.4 Å². The molecule has 0 radical (unpaired) electrons. The van der Waals surface area contributed by atoms with Crippen LogP contribution in [0, 0.1) is 0 Å². The van der Waals surface area contributed by atoms with E-state index in [9.17, 15) is 13.0 Å². The van der Waals surface area contributed by atoms with Crippen LogP contribution < -0.4 is 4.90 Å². The minimum Gasteiger partial charge on any atom is -0.343 e. The van der Waals surface area contributed by atoms with Crippen LogP contribution in [0.15, 0.2) is 119 Å². The SMILES string of the molecule is CC1(C)C(=CC=C2CCCC(C=CC3=[N+](CCS(=O)(=O)O)c4ccc5ccccc5c4C3(C)C)=C2Cl)N(CCSOOO)c2ccc3ccccc3c21. The summed E-state index contributed by atoms with van der Waals surface area (Å²) >= 11 is 8.28. The summed E-state index contributed by atoms with van der Waals surface area (Å²) in [5.74, 6) is 0.175. The number of fused-ring (bicyclic) bond motifs is 6. The average molecular weight is 772 g/mol. The van der Waals surface area contributed by atoms with E-state index in [1.54, 1.807) is 0 Å². The molecule has 0 saturated carbocycles. The van der Waals surface area contributed by atoms with Crippen LogP contribution in [-0.4, -0.2) is 53.1 Å². The zero-order valence-electron chi connectivity index (χ0n) is 30.3. The van der Waals surface area contributed by atoms with Crippen molar-refractivity contribution in [1.29, 1.82) is 0 Å². The molecule has 2 aliphatic heterocycles. The van der Waals surface area contributed by atoms with Gasteiger partial charge in [-0.3, -0.25) is 4.55 Å². The Morgan fingerprint density at radius 1 is 0.887 bits per heavy atom. The van der Waals surface area contributed by atoms with Gasteiger partial charge in [-0.1, -0.05) is 97.2 Å². The lowest BCUT2D eigenvalue weighted by molar-refractivity contribution is -0.432. The normalized spacial score (nSPS) is 19.8. The highest BCUT2D eigenvalue weighted by Gasteiger charge is 2.46. The number of allylic oxidation sites excluding steroid dienone is 8. The topological polar surface area (TPSA) is 99.3 Å². The molecule has 0 unspecified atom stereocenters. The number of nitrogens with zero attached hydrogens (tertiary/aromatic N) is 2. The Bertz CT molecular complexity index is 2380. The van der Waals surface area contributed by atoms with E-state index >= 15 is 0 Å². The molecule has 0 spiro atoms. The van der Waals surface area contributed by atoms with Crippen LogP contribution in [0.2, 0.25) is 0 Å². The molecule has 0 atom stereocenters. The zero-order chi connectivity index (χ0) is 37.5. The predicted molar refractivity (Wildman–Crippen MR) is 217 cm³/mol. The molecule has 7 rings (SSSR count). The molecule has 4 aromatic rings. The van der Waals surface area contributed by atoms with Gasteiger partial charge in [-0.2, -0.15) is 13.0 Å². The molecule has 0 fully saturated rings. The summed E-state index contributed by atoms with van der Waals surface area (Å²) in [4.78, 5) is 2.31. The Morgan fingerprint density at radius 2 is 1.57 bits per heavy atom. The van der Waals surface area contributed by atoms with Crippen LogP contribution >= 0.6 is 23.6 Å². The van der Waals surface area contributed by atoms with Gasteiger partial charge < -0.3 is 4.90 Å². The van der Waals surface area contributed by atoms with Crippen LogP contribution in [0.3, 0.4) is 0 Å². The van der Waals surface area contributed by atoms with Gasteiger partial charge >= 0.3 is 0 Å². The minimum atomic E-state index is -4.18. The highest BCUT2D eigenvalue weighted by Crippen LogP contribution is 2.51. The van der Waals surface area contributed by atoms with E-state index in [-0.39, 0.29) is 17.7 Å². The molecule has 276 valence electrons. The van der Waals surface area contributed by atoms with E-state index < -0.39 is 15.5 Å². The third kappa shape index (κ3) is 7.14. The van der Waals surface area contributed by atoms with Crippen LogP contribution in [0.1, 0.15) is 58.1 Å². The number of anilines is 1. The van der Waals surface area contributed by atoms with Crippen LogP contribution in [0.25, 0.3) is 21.5 Å². The lowest BCUT2D eigenvalue weighted by Gasteiger charge is -2.27. The van der Waals surface area contributed by atoms with Crippen molar-refractivity contribution in [3.8, 4) is 0 Å². The molecular weight excluding hydrogens is 728 g/mol. The van der Waals surface area contributed by atoms with Gasteiger partial charge in [0.25, 0.3) is 10.1 Å². The third-order valence-electron chi connectivity index (χ3n) is 10.9. The average Bonchev–Trinajstić information content (AvgIpc) is 3.49. The van der Waals surface area contributed by atoms with Gasteiger partial charge in [0.1, 0.15) is 5.75 Å². The summed E-state index contributed by atoms with van der Waals surface area (Å²) < 4.78 is 40.3. The number of hydrogen-bond acceptors (Lipinski definition) is 7. The second-order valence-electron chi connectivity index (χ2n) is 14.8. The number of rotatable bonds is 11. The van der Waals surface area contributed by atoms with Crippen LogP contribution in [0.5, 0.6) is 0 Å². The number of hydrogen-bond donors (Lipinski definition) is 2. The van der Waals surface area contributed by atoms with Crippen molar-refractivity contribution < 1.29 is 32.2 Å². The lowest BCUT2D eigenvalue weighted by Crippen LogP contribution is -2.29. The fraction of sp³-hybridized carbons (Fsp3) is 0.310. The molecule has 11 heteroatoms. The van der Waals surface area contributed by atoms with Gasteiger partial charge in [-0.25, -0.2) is 5.26 Å². The number of benzene rings is 4. The maximum atomic E-state index is 11.9. The predicted octanol–water partition coefficient (Wildman–Crippen LogP) is 10.2. The highest BCUT2D eigenvalue weighted by atomic mass is 35.5. The van der Waals surface area contributed by atoms with Crippen LogP contribution in [-0.2, 0) is 30.3 Å². The van der Waals surface area contributed by atoms with E-state index in [4.69, 9.17) is 21.2 Å². The molecule has 4 aromatic carbocycles. The van der Waals surface area contributed by atoms with Gasteiger partial charge in [0.15, 0.2) is 12.3 Å². The van der Waals surface area contributed by atoms with E-state index in [1.807, 2.05) is 22.8 Å². The molecule has 3 aliphatic rings. The fourth-order valence-corrected chi connectivity index (χ4v) is 9.61. The first-order valence-electron chi connectivity index (χ1n) is 17.8. The van der Waals surface area contributed by atoms with Gasteiger partial charge in [0.05, 0.1) is 5.41 Å². The number of halogens is 1. The molecular formula is C42H44ClN2O6S2+. The summed E-state index contributed by atoms with van der Waals surface area (Å²) in [7, 11) is -4.18. The van der Waals surface area contributed by atoms with Gasteiger partial charge in [0.2, 0.25) is 5.69 Å². The standard InChI is InChI=1S/C42H43ClN2O6S2/c1-41(2)36(44(24-26-52-51-50-46)34-20-16-28-10-5-7-14-32(28)38(34)41)22-18-30-12-9-13-31(40(30)43)19-23-37-42(3,4)39-33-15-8-6-11-29(33)17-21-35(39)45(37)25-27-53(47,48)49/h5-8,10-11,14-23H,9,12-13,24-27H2,1-4H3,(H-,46,47,48,49)/p+1. The largest absolute Gasteiger partial charge is 0.343 e. The molecule has 0 amide bonds. The summed E-state index contributed by atoms with van der Waals surface area (Å²) in [5, 5.41) is 17.9. The van der Waals surface area contributed by atoms with Crippen molar-refractivity contribution in [2.45, 2.75) is 57.8 Å². The molecule has 0 aromatic heterocycles. The summed E-state index contributed by atoms with van der Waals surface area (Å²) in [5.41, 5.74) is 7.89. The smallest absolute Gasteiger partial charge is 0.271 e. The molecule has 2 N–H and O–H groups in total. The molecule has 53 heavy (non-hydrogen) atoms. The first kappa shape index (κ1) is 37.6. The lowest BCUT2D eigenvalue weighted by atomic mass is 9.78.